The maximum atomic E-state index is 6.06. The Hall–Kier alpha value is -1.14. The second-order valence-electron chi connectivity index (χ2n) is 4.99. The number of piperidine rings is 1. The van der Waals surface area contributed by atoms with Crippen LogP contribution in [0.15, 0.2) is 0 Å². The van der Waals surface area contributed by atoms with Crippen molar-refractivity contribution in [2.24, 2.45) is 0 Å². The second-order valence-corrected chi connectivity index (χ2v) is 5.33. The molecule has 0 aromatic carbocycles. The summed E-state index contributed by atoms with van der Waals surface area (Å²) in [6, 6.07) is 0. The molecule has 0 unspecified atom stereocenters. The van der Waals surface area contributed by atoms with Gasteiger partial charge in [0.1, 0.15) is 0 Å². The molecule has 2 fully saturated rings. The van der Waals surface area contributed by atoms with Gasteiger partial charge in [0.25, 0.3) is 0 Å². The molecule has 7 heteroatoms. The van der Waals surface area contributed by atoms with E-state index in [1.807, 2.05) is 0 Å². The summed E-state index contributed by atoms with van der Waals surface area (Å²) in [6.07, 6.45) is 3.69. The first kappa shape index (κ1) is 12.9. The van der Waals surface area contributed by atoms with E-state index in [0.717, 1.165) is 45.2 Å². The van der Waals surface area contributed by atoms with Gasteiger partial charge in [-0.2, -0.15) is 15.0 Å². The minimum absolute atomic E-state index is 0.295. The summed E-state index contributed by atoms with van der Waals surface area (Å²) in [5, 5.41) is 3.62. The zero-order chi connectivity index (χ0) is 13.1. The third-order valence-electron chi connectivity index (χ3n) is 3.62. The smallest absolute Gasteiger partial charge is 0.231 e. The molecule has 0 amide bonds. The number of aromatic nitrogens is 3. The van der Waals surface area contributed by atoms with Gasteiger partial charge < -0.3 is 15.1 Å². The lowest BCUT2D eigenvalue weighted by Crippen LogP contribution is -2.44. The molecule has 3 rings (SSSR count). The number of halogens is 1. The molecular formula is C12H19ClN6. The SMILES string of the molecule is Clc1nc(N2CCCCC2)nc(N2CCNCC2)n1. The van der Waals surface area contributed by atoms with Crippen LogP contribution in [0.4, 0.5) is 11.9 Å². The third kappa shape index (κ3) is 3.06. The summed E-state index contributed by atoms with van der Waals surface area (Å²) in [5.74, 6) is 1.44. The molecule has 3 heterocycles. The largest absolute Gasteiger partial charge is 0.341 e. The van der Waals surface area contributed by atoms with Crippen LogP contribution in [0.25, 0.3) is 0 Å². The molecule has 1 aromatic rings. The average Bonchev–Trinajstić information content (AvgIpc) is 2.48. The van der Waals surface area contributed by atoms with Crippen molar-refractivity contribution in [2.75, 3.05) is 49.1 Å². The Morgan fingerprint density at radius 3 is 2.00 bits per heavy atom. The fourth-order valence-electron chi connectivity index (χ4n) is 2.57. The van der Waals surface area contributed by atoms with Crippen LogP contribution in [0.2, 0.25) is 5.28 Å². The molecule has 1 aromatic heterocycles. The zero-order valence-electron chi connectivity index (χ0n) is 11.0. The maximum Gasteiger partial charge on any atom is 0.231 e. The number of piperazine rings is 1. The van der Waals surface area contributed by atoms with Crippen molar-refractivity contribution in [3.05, 3.63) is 5.28 Å². The summed E-state index contributed by atoms with van der Waals surface area (Å²) in [6.45, 7) is 5.78. The van der Waals surface area contributed by atoms with E-state index in [1.165, 1.54) is 19.3 Å². The van der Waals surface area contributed by atoms with Crippen molar-refractivity contribution in [3.63, 3.8) is 0 Å². The van der Waals surface area contributed by atoms with E-state index < -0.39 is 0 Å². The van der Waals surface area contributed by atoms with Gasteiger partial charge >= 0.3 is 0 Å². The molecule has 2 aliphatic heterocycles. The summed E-state index contributed by atoms with van der Waals surface area (Å²) in [7, 11) is 0. The highest BCUT2D eigenvalue weighted by molar-refractivity contribution is 6.28. The number of anilines is 2. The van der Waals surface area contributed by atoms with Crippen LogP contribution in [0.3, 0.4) is 0 Å². The van der Waals surface area contributed by atoms with E-state index in [4.69, 9.17) is 11.6 Å². The van der Waals surface area contributed by atoms with Crippen molar-refractivity contribution in [3.8, 4) is 0 Å². The lowest BCUT2D eigenvalue weighted by atomic mass is 10.1. The Morgan fingerprint density at radius 1 is 0.789 bits per heavy atom. The molecule has 2 aliphatic rings. The van der Waals surface area contributed by atoms with Gasteiger partial charge in [-0.15, -0.1) is 0 Å². The van der Waals surface area contributed by atoms with Gasteiger partial charge in [-0.05, 0) is 30.9 Å². The Kier molecular flexibility index (Phi) is 3.98. The highest BCUT2D eigenvalue weighted by Gasteiger charge is 2.19. The van der Waals surface area contributed by atoms with Crippen LogP contribution in [0.5, 0.6) is 0 Å². The number of hydrogen-bond donors (Lipinski definition) is 1. The minimum atomic E-state index is 0.295. The number of hydrogen-bond acceptors (Lipinski definition) is 6. The molecular weight excluding hydrogens is 264 g/mol. The van der Waals surface area contributed by atoms with Gasteiger partial charge in [-0.3, -0.25) is 0 Å². The van der Waals surface area contributed by atoms with Crippen molar-refractivity contribution in [2.45, 2.75) is 19.3 Å². The third-order valence-corrected chi connectivity index (χ3v) is 3.79. The standard InChI is InChI=1S/C12H19ClN6/c13-10-15-11(18-6-2-1-3-7-18)17-12(16-10)19-8-4-14-5-9-19/h14H,1-9H2. The molecule has 6 nitrogen and oxygen atoms in total. The van der Waals surface area contributed by atoms with E-state index in [0.29, 0.717) is 11.2 Å². The van der Waals surface area contributed by atoms with E-state index in [9.17, 15) is 0 Å². The van der Waals surface area contributed by atoms with Gasteiger partial charge in [0.15, 0.2) is 0 Å². The van der Waals surface area contributed by atoms with E-state index in [2.05, 4.69) is 30.1 Å². The van der Waals surface area contributed by atoms with E-state index in [-0.39, 0.29) is 0 Å². The maximum absolute atomic E-state index is 6.06. The lowest BCUT2D eigenvalue weighted by Gasteiger charge is -2.30. The molecule has 0 aliphatic carbocycles. The molecule has 0 radical (unpaired) electrons. The van der Waals surface area contributed by atoms with Crippen LogP contribution >= 0.6 is 11.6 Å². The van der Waals surface area contributed by atoms with Crippen LogP contribution in [-0.4, -0.2) is 54.2 Å². The molecule has 19 heavy (non-hydrogen) atoms. The Morgan fingerprint density at radius 2 is 1.37 bits per heavy atom. The van der Waals surface area contributed by atoms with Gasteiger partial charge in [0, 0.05) is 39.3 Å². The van der Waals surface area contributed by atoms with Gasteiger partial charge in [-0.1, -0.05) is 0 Å². The Bertz CT molecular complexity index is 392. The first-order valence-corrected chi connectivity index (χ1v) is 7.33. The average molecular weight is 283 g/mol. The van der Waals surface area contributed by atoms with Crippen LogP contribution in [0, 0.1) is 0 Å². The van der Waals surface area contributed by atoms with E-state index >= 15 is 0 Å². The van der Waals surface area contributed by atoms with Crippen molar-refractivity contribution < 1.29 is 0 Å². The number of rotatable bonds is 2. The normalized spacial score (nSPS) is 20.7. The Labute approximate surface area is 118 Å². The lowest BCUT2D eigenvalue weighted by molar-refractivity contribution is 0.560. The van der Waals surface area contributed by atoms with Crippen molar-refractivity contribution in [1.82, 2.24) is 20.3 Å². The van der Waals surface area contributed by atoms with Gasteiger partial charge in [0.05, 0.1) is 0 Å². The number of nitrogens with zero attached hydrogens (tertiary/aromatic N) is 5. The van der Waals surface area contributed by atoms with Gasteiger partial charge in [0.2, 0.25) is 17.2 Å². The Balaban J connectivity index is 1.82. The van der Waals surface area contributed by atoms with Crippen LogP contribution in [0.1, 0.15) is 19.3 Å². The molecule has 104 valence electrons. The number of nitrogens with one attached hydrogen (secondary N) is 1. The predicted molar refractivity (Wildman–Crippen MR) is 76.0 cm³/mol. The predicted octanol–water partition coefficient (Wildman–Crippen LogP) is 0.925. The van der Waals surface area contributed by atoms with Gasteiger partial charge in [-0.25, -0.2) is 0 Å². The van der Waals surface area contributed by atoms with Crippen LogP contribution in [-0.2, 0) is 0 Å². The minimum Gasteiger partial charge on any atom is -0.341 e. The fraction of sp³-hybridized carbons (Fsp3) is 0.750. The molecule has 0 atom stereocenters. The van der Waals surface area contributed by atoms with Crippen LogP contribution < -0.4 is 15.1 Å². The summed E-state index contributed by atoms with van der Waals surface area (Å²) >= 11 is 6.06. The quantitative estimate of drug-likeness (QED) is 0.871. The molecule has 0 saturated carbocycles. The van der Waals surface area contributed by atoms with Crippen molar-refractivity contribution >= 4 is 23.5 Å². The fourth-order valence-corrected chi connectivity index (χ4v) is 2.72. The first-order chi connectivity index (χ1) is 9.33. The topological polar surface area (TPSA) is 57.2 Å². The molecule has 0 spiro atoms. The molecule has 1 N–H and O–H groups in total. The monoisotopic (exact) mass is 282 g/mol. The molecule has 0 bridgehead atoms. The summed E-state index contributed by atoms with van der Waals surface area (Å²) < 4.78 is 0. The highest BCUT2D eigenvalue weighted by Crippen LogP contribution is 2.20. The highest BCUT2D eigenvalue weighted by atomic mass is 35.5. The summed E-state index contributed by atoms with van der Waals surface area (Å²) in [4.78, 5) is 17.5. The van der Waals surface area contributed by atoms with Crippen molar-refractivity contribution in [1.29, 1.82) is 0 Å². The second kappa shape index (κ2) is 5.88. The van der Waals surface area contributed by atoms with E-state index in [1.54, 1.807) is 0 Å². The molecule has 2 saturated heterocycles. The zero-order valence-corrected chi connectivity index (χ0v) is 11.7. The summed E-state index contributed by atoms with van der Waals surface area (Å²) in [5.41, 5.74) is 0. The first-order valence-electron chi connectivity index (χ1n) is 6.95.